The van der Waals surface area contributed by atoms with Crippen LogP contribution < -0.4 is 10.1 Å². The maximum Gasteiger partial charge on any atom is 0.407 e. The third-order valence-corrected chi connectivity index (χ3v) is 3.89. The van der Waals surface area contributed by atoms with Gasteiger partial charge < -0.3 is 19.7 Å². The maximum atomic E-state index is 12.4. The Bertz CT molecular complexity index is 530. The minimum Gasteiger partial charge on any atom is -0.497 e. The summed E-state index contributed by atoms with van der Waals surface area (Å²) in [5.41, 5.74) is 0.955. The Balaban J connectivity index is 1.87. The summed E-state index contributed by atoms with van der Waals surface area (Å²) in [6.45, 7) is 3.38. The topological polar surface area (TPSA) is 67.9 Å². The lowest BCUT2D eigenvalue weighted by molar-refractivity contribution is -0.131. The Hall–Kier alpha value is -2.24. The Morgan fingerprint density at radius 2 is 2.04 bits per heavy atom. The lowest BCUT2D eigenvalue weighted by Crippen LogP contribution is -2.50. The minimum absolute atomic E-state index is 0.0392. The van der Waals surface area contributed by atoms with Gasteiger partial charge in [0.15, 0.2) is 0 Å². The van der Waals surface area contributed by atoms with Gasteiger partial charge in [-0.25, -0.2) is 4.79 Å². The van der Waals surface area contributed by atoms with Crippen LogP contribution in [0, 0.1) is 0 Å². The highest BCUT2D eigenvalue weighted by Gasteiger charge is 2.25. The molecular formula is C17H24N2O4. The number of alkyl carbamates (subject to hydrolysis) is 1. The fourth-order valence-electron chi connectivity index (χ4n) is 2.69. The second-order valence-corrected chi connectivity index (χ2v) is 5.57. The van der Waals surface area contributed by atoms with E-state index < -0.39 is 6.09 Å². The van der Waals surface area contributed by atoms with Crippen LogP contribution in [0.25, 0.3) is 0 Å². The molecule has 1 unspecified atom stereocenters. The number of hydrogen-bond acceptors (Lipinski definition) is 4. The zero-order valence-electron chi connectivity index (χ0n) is 13.7. The number of methoxy groups -OCH3 is 1. The summed E-state index contributed by atoms with van der Waals surface area (Å²) in [4.78, 5) is 25.7. The van der Waals surface area contributed by atoms with Crippen molar-refractivity contribution in [1.29, 1.82) is 0 Å². The number of carbonyl (C=O) groups excluding carboxylic acids is 2. The molecule has 6 heteroatoms. The number of hydrogen-bond donors (Lipinski definition) is 1. The van der Waals surface area contributed by atoms with Crippen LogP contribution in [0.2, 0.25) is 0 Å². The van der Waals surface area contributed by atoms with Crippen LogP contribution in [-0.4, -0.2) is 49.7 Å². The number of ether oxygens (including phenoxy) is 2. The van der Waals surface area contributed by atoms with Crippen LogP contribution >= 0.6 is 0 Å². The molecule has 0 aromatic heterocycles. The Morgan fingerprint density at radius 3 is 2.70 bits per heavy atom. The molecule has 1 atom stereocenters. The summed E-state index contributed by atoms with van der Waals surface area (Å²) in [6.07, 6.45) is 1.69. The maximum absolute atomic E-state index is 12.4. The number of nitrogens with one attached hydrogen (secondary N) is 1. The first kappa shape index (κ1) is 17.1. The van der Waals surface area contributed by atoms with Gasteiger partial charge in [0.05, 0.1) is 20.1 Å². The largest absolute Gasteiger partial charge is 0.497 e. The molecule has 0 radical (unpaired) electrons. The number of carbonyl (C=O) groups is 2. The van der Waals surface area contributed by atoms with Crippen LogP contribution in [0.5, 0.6) is 5.75 Å². The first-order valence-electron chi connectivity index (χ1n) is 7.96. The minimum atomic E-state index is -0.415. The van der Waals surface area contributed by atoms with Gasteiger partial charge in [-0.05, 0) is 37.5 Å². The molecule has 2 rings (SSSR count). The van der Waals surface area contributed by atoms with Crippen molar-refractivity contribution < 1.29 is 19.1 Å². The molecule has 1 aliphatic rings. The number of likely N-dealkylation sites (tertiary alicyclic amines) is 1. The van der Waals surface area contributed by atoms with Crippen molar-refractivity contribution in [2.75, 3.05) is 26.8 Å². The number of rotatable bonds is 5. The van der Waals surface area contributed by atoms with E-state index in [2.05, 4.69) is 5.32 Å². The molecule has 1 saturated heterocycles. The zero-order valence-corrected chi connectivity index (χ0v) is 13.7. The third kappa shape index (κ3) is 5.16. The van der Waals surface area contributed by atoms with Crippen molar-refractivity contribution in [3.05, 3.63) is 29.8 Å². The molecule has 1 N–H and O–H groups in total. The van der Waals surface area contributed by atoms with Gasteiger partial charge in [-0.2, -0.15) is 0 Å². The molecule has 126 valence electrons. The van der Waals surface area contributed by atoms with E-state index in [1.54, 1.807) is 14.0 Å². The number of piperidine rings is 1. The summed E-state index contributed by atoms with van der Waals surface area (Å²) in [7, 11) is 1.62. The molecule has 0 saturated carbocycles. The van der Waals surface area contributed by atoms with Crippen molar-refractivity contribution >= 4 is 12.0 Å². The van der Waals surface area contributed by atoms with Gasteiger partial charge in [0, 0.05) is 19.1 Å². The molecule has 6 nitrogen and oxygen atoms in total. The van der Waals surface area contributed by atoms with Crippen LogP contribution in [0.3, 0.4) is 0 Å². The van der Waals surface area contributed by atoms with E-state index in [1.807, 2.05) is 29.2 Å². The van der Waals surface area contributed by atoms with Gasteiger partial charge in [-0.1, -0.05) is 12.1 Å². The van der Waals surface area contributed by atoms with Crippen molar-refractivity contribution in [3.63, 3.8) is 0 Å². The highest BCUT2D eigenvalue weighted by molar-refractivity contribution is 5.79. The highest BCUT2D eigenvalue weighted by atomic mass is 16.5. The summed E-state index contributed by atoms with van der Waals surface area (Å²) in [5.74, 6) is 0.850. The van der Waals surface area contributed by atoms with Crippen molar-refractivity contribution in [2.24, 2.45) is 0 Å². The summed E-state index contributed by atoms with van der Waals surface area (Å²) in [5, 5.41) is 2.81. The Labute approximate surface area is 136 Å². The summed E-state index contributed by atoms with van der Waals surface area (Å²) in [6, 6.07) is 7.46. The smallest absolute Gasteiger partial charge is 0.407 e. The molecular weight excluding hydrogens is 296 g/mol. The zero-order chi connectivity index (χ0) is 16.7. The Morgan fingerprint density at radius 1 is 1.30 bits per heavy atom. The van der Waals surface area contributed by atoms with Gasteiger partial charge in [-0.15, -0.1) is 0 Å². The normalized spacial score (nSPS) is 17.5. The fraction of sp³-hybridized carbons (Fsp3) is 0.529. The molecule has 0 spiro atoms. The predicted octanol–water partition coefficient (Wildman–Crippen LogP) is 1.97. The van der Waals surface area contributed by atoms with Crippen molar-refractivity contribution in [1.82, 2.24) is 10.2 Å². The van der Waals surface area contributed by atoms with E-state index in [0.717, 1.165) is 30.7 Å². The van der Waals surface area contributed by atoms with E-state index >= 15 is 0 Å². The average Bonchev–Trinajstić information content (AvgIpc) is 2.56. The van der Waals surface area contributed by atoms with E-state index in [9.17, 15) is 9.59 Å². The predicted molar refractivity (Wildman–Crippen MR) is 86.5 cm³/mol. The average molecular weight is 320 g/mol. The van der Waals surface area contributed by atoms with Crippen LogP contribution in [0.15, 0.2) is 24.3 Å². The van der Waals surface area contributed by atoms with Gasteiger partial charge in [0.2, 0.25) is 5.91 Å². The molecule has 0 aliphatic carbocycles. The lowest BCUT2D eigenvalue weighted by atomic mass is 10.0. The SMILES string of the molecule is CCOC(=O)NC1CCCN(C(=O)Cc2ccc(OC)cc2)C1. The standard InChI is InChI=1S/C17H24N2O4/c1-3-23-17(21)18-14-5-4-10-19(12-14)16(20)11-13-6-8-15(22-2)9-7-13/h6-9,14H,3-5,10-12H2,1-2H3,(H,18,21). The quantitative estimate of drug-likeness (QED) is 0.901. The summed E-state index contributed by atoms with van der Waals surface area (Å²) >= 11 is 0. The third-order valence-electron chi connectivity index (χ3n) is 3.89. The van der Waals surface area contributed by atoms with E-state index in [4.69, 9.17) is 9.47 Å². The van der Waals surface area contributed by atoms with Gasteiger partial charge in [0.1, 0.15) is 5.75 Å². The second kappa shape index (κ2) is 8.41. The molecule has 1 aromatic carbocycles. The molecule has 1 heterocycles. The number of benzene rings is 1. The monoisotopic (exact) mass is 320 g/mol. The molecule has 23 heavy (non-hydrogen) atoms. The van der Waals surface area contributed by atoms with E-state index in [1.165, 1.54) is 0 Å². The lowest BCUT2D eigenvalue weighted by Gasteiger charge is -2.33. The molecule has 1 aliphatic heterocycles. The highest BCUT2D eigenvalue weighted by Crippen LogP contribution is 2.15. The number of nitrogens with zero attached hydrogens (tertiary/aromatic N) is 1. The van der Waals surface area contributed by atoms with Gasteiger partial charge >= 0.3 is 6.09 Å². The van der Waals surface area contributed by atoms with Crippen LogP contribution in [0.1, 0.15) is 25.3 Å². The summed E-state index contributed by atoms with van der Waals surface area (Å²) < 4.78 is 10.0. The van der Waals surface area contributed by atoms with Gasteiger partial charge in [-0.3, -0.25) is 4.79 Å². The molecule has 0 bridgehead atoms. The first-order chi connectivity index (χ1) is 11.1. The first-order valence-corrected chi connectivity index (χ1v) is 7.96. The second-order valence-electron chi connectivity index (χ2n) is 5.57. The molecule has 1 aromatic rings. The van der Waals surface area contributed by atoms with Crippen molar-refractivity contribution in [2.45, 2.75) is 32.2 Å². The van der Waals surface area contributed by atoms with E-state index in [-0.39, 0.29) is 11.9 Å². The van der Waals surface area contributed by atoms with Crippen LogP contribution in [0.4, 0.5) is 4.79 Å². The molecule has 2 amide bonds. The van der Waals surface area contributed by atoms with Gasteiger partial charge in [0.25, 0.3) is 0 Å². The van der Waals surface area contributed by atoms with E-state index in [0.29, 0.717) is 19.6 Å². The molecule has 1 fully saturated rings. The van der Waals surface area contributed by atoms with Crippen molar-refractivity contribution in [3.8, 4) is 5.75 Å². The number of amides is 2. The Kier molecular flexibility index (Phi) is 6.26. The fourth-order valence-corrected chi connectivity index (χ4v) is 2.69. The van der Waals surface area contributed by atoms with Crippen LogP contribution in [-0.2, 0) is 16.0 Å².